The monoisotopic (exact) mass is 191 g/mol. The van der Waals surface area contributed by atoms with Crippen molar-refractivity contribution in [3.8, 4) is 10.4 Å². The zero-order valence-corrected chi connectivity index (χ0v) is 7.71. The minimum Gasteiger partial charge on any atom is -0.290 e. The van der Waals surface area contributed by atoms with Crippen LogP contribution in [0.5, 0.6) is 0 Å². The molecule has 1 aromatic carbocycles. The van der Waals surface area contributed by atoms with Crippen LogP contribution in [-0.2, 0) is 0 Å². The quantitative estimate of drug-likeness (QED) is 0.714. The number of anilines is 1. The molecule has 0 saturated carbocycles. The molecule has 2 nitrogen and oxygen atoms in total. The van der Waals surface area contributed by atoms with Gasteiger partial charge in [0.25, 0.3) is 0 Å². The molecular weight excluding hydrogens is 182 g/mol. The average Bonchev–Trinajstić information content (AvgIpc) is 2.67. The van der Waals surface area contributed by atoms with E-state index >= 15 is 0 Å². The maximum Gasteiger partial charge on any atom is 0.113 e. The second-order valence-corrected chi connectivity index (χ2v) is 3.73. The van der Waals surface area contributed by atoms with E-state index in [-0.39, 0.29) is 0 Å². The van der Waals surface area contributed by atoms with E-state index in [2.05, 4.69) is 5.48 Å². The molecule has 0 amide bonds. The summed E-state index contributed by atoms with van der Waals surface area (Å²) in [5.74, 6) is 0. The fraction of sp³-hybridized carbons (Fsp3) is 0. The molecule has 13 heavy (non-hydrogen) atoms. The van der Waals surface area contributed by atoms with Gasteiger partial charge in [0.15, 0.2) is 0 Å². The molecule has 0 spiro atoms. The van der Waals surface area contributed by atoms with Gasteiger partial charge in [-0.25, -0.2) is 0 Å². The topological polar surface area (TPSA) is 32.3 Å². The van der Waals surface area contributed by atoms with Gasteiger partial charge >= 0.3 is 0 Å². The lowest BCUT2D eigenvalue weighted by Crippen LogP contribution is -1.81. The van der Waals surface area contributed by atoms with Crippen LogP contribution in [0.3, 0.4) is 0 Å². The number of hydrogen-bond donors (Lipinski definition) is 2. The minimum absolute atomic E-state index is 0.763. The van der Waals surface area contributed by atoms with Gasteiger partial charge in [-0.15, -0.1) is 11.3 Å². The zero-order chi connectivity index (χ0) is 9.10. The third-order valence-electron chi connectivity index (χ3n) is 1.77. The van der Waals surface area contributed by atoms with Crippen molar-refractivity contribution in [1.29, 1.82) is 0 Å². The molecule has 0 bridgehead atoms. The van der Waals surface area contributed by atoms with Crippen molar-refractivity contribution in [3.63, 3.8) is 0 Å². The van der Waals surface area contributed by atoms with Crippen molar-refractivity contribution in [1.82, 2.24) is 0 Å². The number of benzene rings is 1. The zero-order valence-electron chi connectivity index (χ0n) is 6.90. The predicted molar refractivity (Wildman–Crippen MR) is 55.2 cm³/mol. The molecule has 0 aliphatic heterocycles. The van der Waals surface area contributed by atoms with Crippen LogP contribution in [0, 0.1) is 0 Å². The van der Waals surface area contributed by atoms with Crippen LogP contribution in [0.4, 0.5) is 5.00 Å². The van der Waals surface area contributed by atoms with Crippen LogP contribution in [0.1, 0.15) is 0 Å². The van der Waals surface area contributed by atoms with Gasteiger partial charge in [0, 0.05) is 4.88 Å². The molecule has 1 aromatic heterocycles. The summed E-state index contributed by atoms with van der Waals surface area (Å²) in [6, 6.07) is 13.9. The highest BCUT2D eigenvalue weighted by Crippen LogP contribution is 2.30. The van der Waals surface area contributed by atoms with Crippen molar-refractivity contribution < 1.29 is 5.21 Å². The third-order valence-corrected chi connectivity index (χ3v) is 2.81. The molecule has 0 radical (unpaired) electrons. The van der Waals surface area contributed by atoms with Crippen molar-refractivity contribution in [2.24, 2.45) is 0 Å². The first-order valence-electron chi connectivity index (χ1n) is 3.95. The van der Waals surface area contributed by atoms with Crippen LogP contribution in [0.25, 0.3) is 10.4 Å². The van der Waals surface area contributed by atoms with Crippen molar-refractivity contribution in [2.75, 3.05) is 5.48 Å². The predicted octanol–water partition coefficient (Wildman–Crippen LogP) is 3.22. The van der Waals surface area contributed by atoms with Crippen molar-refractivity contribution in [3.05, 3.63) is 42.5 Å². The van der Waals surface area contributed by atoms with Crippen LogP contribution in [0.2, 0.25) is 0 Å². The Morgan fingerprint density at radius 2 is 1.77 bits per heavy atom. The summed E-state index contributed by atoms with van der Waals surface area (Å²) in [4.78, 5) is 1.15. The third kappa shape index (κ3) is 1.71. The lowest BCUT2D eigenvalue weighted by atomic mass is 10.2. The van der Waals surface area contributed by atoms with E-state index in [1.54, 1.807) is 0 Å². The summed E-state index contributed by atoms with van der Waals surface area (Å²) in [6.45, 7) is 0. The summed E-state index contributed by atoms with van der Waals surface area (Å²) in [5.41, 5.74) is 3.31. The number of hydrogen-bond acceptors (Lipinski definition) is 3. The maximum atomic E-state index is 8.66. The Balaban J connectivity index is 2.36. The van der Waals surface area contributed by atoms with Gasteiger partial charge in [0.2, 0.25) is 0 Å². The van der Waals surface area contributed by atoms with Crippen molar-refractivity contribution in [2.45, 2.75) is 0 Å². The highest BCUT2D eigenvalue weighted by atomic mass is 32.1. The second-order valence-electron chi connectivity index (χ2n) is 2.64. The highest BCUT2D eigenvalue weighted by Gasteiger charge is 2.00. The molecule has 0 unspecified atom stereocenters. The lowest BCUT2D eigenvalue weighted by Gasteiger charge is -1.94. The SMILES string of the molecule is ONc1ccc(-c2ccccc2)s1. The molecule has 3 heteroatoms. The molecule has 1 heterocycles. The molecule has 0 atom stereocenters. The summed E-state index contributed by atoms with van der Waals surface area (Å²) in [5, 5.41) is 9.42. The Bertz CT molecular complexity index is 383. The lowest BCUT2D eigenvalue weighted by molar-refractivity contribution is 0.391. The first-order valence-corrected chi connectivity index (χ1v) is 4.77. The maximum absolute atomic E-state index is 8.66. The van der Waals surface area contributed by atoms with Gasteiger partial charge in [-0.3, -0.25) is 10.7 Å². The van der Waals surface area contributed by atoms with E-state index < -0.39 is 0 Å². The highest BCUT2D eigenvalue weighted by molar-refractivity contribution is 7.19. The van der Waals surface area contributed by atoms with Crippen LogP contribution in [0.15, 0.2) is 42.5 Å². The second kappa shape index (κ2) is 3.60. The molecule has 0 saturated heterocycles. The van der Waals surface area contributed by atoms with Gasteiger partial charge in [-0.05, 0) is 17.7 Å². The van der Waals surface area contributed by atoms with Crippen molar-refractivity contribution >= 4 is 16.3 Å². The molecule has 66 valence electrons. The Morgan fingerprint density at radius 1 is 1.00 bits per heavy atom. The Kier molecular flexibility index (Phi) is 2.29. The van der Waals surface area contributed by atoms with E-state index in [1.165, 1.54) is 16.9 Å². The summed E-state index contributed by atoms with van der Waals surface area (Å²) >= 11 is 1.52. The number of nitrogens with one attached hydrogen (secondary N) is 1. The molecule has 0 aliphatic carbocycles. The standard InChI is InChI=1S/C10H9NOS/c12-11-10-7-6-9(13-10)8-4-2-1-3-5-8/h1-7,11-12H. The number of thiophene rings is 1. The fourth-order valence-electron chi connectivity index (χ4n) is 1.16. The van der Waals surface area contributed by atoms with E-state index in [0.29, 0.717) is 0 Å². The van der Waals surface area contributed by atoms with Gasteiger partial charge in [0.05, 0.1) is 0 Å². The first-order chi connectivity index (χ1) is 6.40. The molecule has 0 fully saturated rings. The van der Waals surface area contributed by atoms with Gasteiger partial charge < -0.3 is 0 Å². The summed E-state index contributed by atoms with van der Waals surface area (Å²) in [6.07, 6.45) is 0. The Morgan fingerprint density at radius 3 is 2.38 bits per heavy atom. The average molecular weight is 191 g/mol. The summed E-state index contributed by atoms with van der Waals surface area (Å²) < 4.78 is 0. The van der Waals surface area contributed by atoms with Crippen LogP contribution in [-0.4, -0.2) is 5.21 Å². The van der Waals surface area contributed by atoms with Gasteiger partial charge in [0.1, 0.15) is 5.00 Å². The first kappa shape index (κ1) is 8.29. The Labute approximate surface area is 80.4 Å². The van der Waals surface area contributed by atoms with Crippen LogP contribution >= 0.6 is 11.3 Å². The normalized spacial score (nSPS) is 9.92. The molecule has 2 N–H and O–H groups in total. The summed E-state index contributed by atoms with van der Waals surface area (Å²) in [7, 11) is 0. The molecule has 2 aromatic rings. The van der Waals surface area contributed by atoms with Crippen LogP contribution < -0.4 is 5.48 Å². The van der Waals surface area contributed by atoms with E-state index in [1.807, 2.05) is 42.5 Å². The smallest absolute Gasteiger partial charge is 0.113 e. The molecule has 0 aliphatic rings. The van der Waals surface area contributed by atoms with Gasteiger partial charge in [-0.1, -0.05) is 30.3 Å². The van der Waals surface area contributed by atoms with E-state index in [9.17, 15) is 0 Å². The Hall–Kier alpha value is -1.32. The molecular formula is C10H9NOS. The number of rotatable bonds is 2. The van der Waals surface area contributed by atoms with E-state index in [4.69, 9.17) is 5.21 Å². The fourth-order valence-corrected chi connectivity index (χ4v) is 1.96. The minimum atomic E-state index is 0.763. The van der Waals surface area contributed by atoms with E-state index in [0.717, 1.165) is 9.88 Å². The largest absolute Gasteiger partial charge is 0.290 e. The van der Waals surface area contributed by atoms with Gasteiger partial charge in [-0.2, -0.15) is 0 Å². The molecule has 2 rings (SSSR count).